The van der Waals surface area contributed by atoms with E-state index in [1.807, 2.05) is 6.07 Å². The Labute approximate surface area is 127 Å². The zero-order valence-electron chi connectivity index (χ0n) is 12.2. The third kappa shape index (κ3) is 2.66. The molecule has 0 aromatic carbocycles. The number of amides is 2. The van der Waals surface area contributed by atoms with Gasteiger partial charge in [-0.25, -0.2) is 14.8 Å². The van der Waals surface area contributed by atoms with E-state index in [4.69, 9.17) is 0 Å². The Morgan fingerprint density at radius 2 is 2.05 bits per heavy atom. The van der Waals surface area contributed by atoms with E-state index >= 15 is 0 Å². The van der Waals surface area contributed by atoms with E-state index in [0.717, 1.165) is 29.9 Å². The van der Waals surface area contributed by atoms with Gasteiger partial charge in [0, 0.05) is 23.7 Å². The van der Waals surface area contributed by atoms with Gasteiger partial charge in [-0.3, -0.25) is 10.4 Å². The first-order valence-electron chi connectivity index (χ1n) is 7.74. The SMILES string of the molecule is O=C(Nc1nccc(C2CCC2)n1)Nc1cn[nH]c1C1CC1. The molecule has 0 atom stereocenters. The molecule has 7 heteroatoms. The van der Waals surface area contributed by atoms with Crippen molar-refractivity contribution in [2.75, 3.05) is 10.6 Å². The molecule has 2 aromatic rings. The summed E-state index contributed by atoms with van der Waals surface area (Å²) < 4.78 is 0. The van der Waals surface area contributed by atoms with Gasteiger partial charge in [-0.05, 0) is 31.7 Å². The molecule has 3 N–H and O–H groups in total. The summed E-state index contributed by atoms with van der Waals surface area (Å²) in [4.78, 5) is 20.6. The van der Waals surface area contributed by atoms with Crippen molar-refractivity contribution in [2.24, 2.45) is 0 Å². The molecule has 2 fully saturated rings. The van der Waals surface area contributed by atoms with Crippen LogP contribution >= 0.6 is 0 Å². The van der Waals surface area contributed by atoms with E-state index in [1.54, 1.807) is 12.4 Å². The molecule has 22 heavy (non-hydrogen) atoms. The minimum absolute atomic E-state index is 0.339. The van der Waals surface area contributed by atoms with E-state index in [1.165, 1.54) is 19.3 Å². The minimum Gasteiger partial charge on any atom is -0.304 e. The van der Waals surface area contributed by atoms with Crippen LogP contribution in [0.3, 0.4) is 0 Å². The second-order valence-electron chi connectivity index (χ2n) is 5.98. The van der Waals surface area contributed by atoms with Crippen LogP contribution in [0.1, 0.15) is 55.3 Å². The standard InChI is InChI=1S/C15H18N6O/c22-15(19-12-8-17-21-13(12)10-4-5-10)20-14-16-7-6-11(18-14)9-2-1-3-9/h6-10H,1-5H2,(H,17,21)(H2,16,18,19,20,22). The highest BCUT2D eigenvalue weighted by Gasteiger charge is 2.28. The average molecular weight is 298 g/mol. The summed E-state index contributed by atoms with van der Waals surface area (Å²) in [6.07, 6.45) is 9.21. The summed E-state index contributed by atoms with van der Waals surface area (Å²) in [5.74, 6) is 1.36. The zero-order chi connectivity index (χ0) is 14.9. The highest BCUT2D eigenvalue weighted by molar-refractivity contribution is 5.99. The molecule has 0 spiro atoms. The monoisotopic (exact) mass is 298 g/mol. The van der Waals surface area contributed by atoms with Crippen LogP contribution in [0.2, 0.25) is 0 Å². The third-order valence-electron chi connectivity index (χ3n) is 4.33. The van der Waals surface area contributed by atoms with Gasteiger partial charge in [-0.2, -0.15) is 5.10 Å². The van der Waals surface area contributed by atoms with Crippen molar-refractivity contribution in [3.8, 4) is 0 Å². The Hall–Kier alpha value is -2.44. The van der Waals surface area contributed by atoms with Crippen molar-refractivity contribution in [1.29, 1.82) is 0 Å². The second-order valence-corrected chi connectivity index (χ2v) is 5.98. The second kappa shape index (κ2) is 5.40. The number of carbonyl (C=O) groups excluding carboxylic acids is 1. The van der Waals surface area contributed by atoms with Crippen LogP contribution in [0, 0.1) is 0 Å². The molecule has 0 bridgehead atoms. The van der Waals surface area contributed by atoms with Crippen LogP contribution < -0.4 is 10.6 Å². The number of nitrogens with one attached hydrogen (secondary N) is 3. The Morgan fingerprint density at radius 1 is 1.18 bits per heavy atom. The summed E-state index contributed by atoms with van der Waals surface area (Å²) in [5.41, 5.74) is 2.74. The summed E-state index contributed by atoms with van der Waals surface area (Å²) in [5, 5.41) is 12.5. The number of carbonyl (C=O) groups is 1. The highest BCUT2D eigenvalue weighted by atomic mass is 16.2. The number of rotatable bonds is 4. The first-order valence-corrected chi connectivity index (χ1v) is 7.74. The zero-order valence-corrected chi connectivity index (χ0v) is 12.2. The normalized spacial score (nSPS) is 17.8. The number of anilines is 2. The smallest absolute Gasteiger partial charge is 0.304 e. The Morgan fingerprint density at radius 3 is 2.77 bits per heavy atom. The van der Waals surface area contributed by atoms with Gasteiger partial charge in [0.1, 0.15) is 0 Å². The minimum atomic E-state index is -0.339. The van der Waals surface area contributed by atoms with Crippen LogP contribution in [0.15, 0.2) is 18.5 Å². The van der Waals surface area contributed by atoms with Crippen LogP contribution in [0.25, 0.3) is 0 Å². The fourth-order valence-electron chi connectivity index (χ4n) is 2.70. The molecule has 0 aliphatic heterocycles. The topological polar surface area (TPSA) is 95.6 Å². The Bertz CT molecular complexity index is 689. The van der Waals surface area contributed by atoms with Crippen LogP contribution in [0.5, 0.6) is 0 Å². The first kappa shape index (κ1) is 13.2. The van der Waals surface area contributed by atoms with Gasteiger partial charge in [-0.1, -0.05) is 6.42 Å². The summed E-state index contributed by atoms with van der Waals surface area (Å²) in [6.45, 7) is 0. The third-order valence-corrected chi connectivity index (χ3v) is 4.33. The molecule has 2 heterocycles. The highest BCUT2D eigenvalue weighted by Crippen LogP contribution is 2.42. The number of urea groups is 1. The lowest BCUT2D eigenvalue weighted by Crippen LogP contribution is -2.22. The number of nitrogens with zero attached hydrogens (tertiary/aromatic N) is 3. The number of hydrogen-bond donors (Lipinski definition) is 3. The summed E-state index contributed by atoms with van der Waals surface area (Å²) >= 11 is 0. The van der Waals surface area contributed by atoms with Gasteiger partial charge in [0.05, 0.1) is 17.6 Å². The summed E-state index contributed by atoms with van der Waals surface area (Å²) in [6, 6.07) is 1.59. The van der Waals surface area contributed by atoms with Crippen LogP contribution in [0.4, 0.5) is 16.4 Å². The molecule has 0 unspecified atom stereocenters. The van der Waals surface area contributed by atoms with Crippen molar-refractivity contribution < 1.29 is 4.79 Å². The lowest BCUT2D eigenvalue weighted by atomic mass is 9.83. The molecule has 2 saturated carbocycles. The maximum atomic E-state index is 12.1. The van der Waals surface area contributed by atoms with E-state index in [0.29, 0.717) is 17.8 Å². The van der Waals surface area contributed by atoms with Gasteiger partial charge in [0.15, 0.2) is 0 Å². The molecule has 0 radical (unpaired) electrons. The molecular weight excluding hydrogens is 280 g/mol. The molecule has 2 aliphatic rings. The Balaban J connectivity index is 1.42. The summed E-state index contributed by atoms with van der Waals surface area (Å²) in [7, 11) is 0. The van der Waals surface area contributed by atoms with Gasteiger partial charge in [0.2, 0.25) is 5.95 Å². The van der Waals surface area contributed by atoms with Crippen molar-refractivity contribution in [3.05, 3.63) is 29.8 Å². The quantitative estimate of drug-likeness (QED) is 0.808. The van der Waals surface area contributed by atoms with Crippen molar-refractivity contribution in [2.45, 2.75) is 43.9 Å². The Kier molecular flexibility index (Phi) is 3.25. The van der Waals surface area contributed by atoms with Crippen molar-refractivity contribution in [3.63, 3.8) is 0 Å². The lowest BCUT2D eigenvalue weighted by Gasteiger charge is -2.24. The predicted octanol–water partition coefficient (Wildman–Crippen LogP) is 2.99. The van der Waals surface area contributed by atoms with Crippen molar-refractivity contribution >= 4 is 17.7 Å². The molecule has 2 aromatic heterocycles. The van der Waals surface area contributed by atoms with Gasteiger partial charge in [0.25, 0.3) is 0 Å². The molecule has 2 amide bonds. The molecule has 7 nitrogen and oxygen atoms in total. The first-order chi connectivity index (χ1) is 10.8. The number of H-pyrrole nitrogens is 1. The maximum absolute atomic E-state index is 12.1. The number of aromatic amines is 1. The number of aromatic nitrogens is 4. The average Bonchev–Trinajstić information content (AvgIpc) is 3.18. The van der Waals surface area contributed by atoms with E-state index in [9.17, 15) is 4.79 Å². The fourth-order valence-corrected chi connectivity index (χ4v) is 2.70. The van der Waals surface area contributed by atoms with Gasteiger partial charge in [-0.15, -0.1) is 0 Å². The molecule has 2 aliphatic carbocycles. The number of hydrogen-bond acceptors (Lipinski definition) is 4. The predicted molar refractivity (Wildman–Crippen MR) is 81.8 cm³/mol. The van der Waals surface area contributed by atoms with Crippen LogP contribution in [-0.2, 0) is 0 Å². The van der Waals surface area contributed by atoms with Crippen LogP contribution in [-0.4, -0.2) is 26.2 Å². The fraction of sp³-hybridized carbons (Fsp3) is 0.467. The molecule has 4 rings (SSSR count). The van der Waals surface area contributed by atoms with Gasteiger partial charge < -0.3 is 5.32 Å². The molecule has 114 valence electrons. The molecule has 0 saturated heterocycles. The molecular formula is C15H18N6O. The van der Waals surface area contributed by atoms with E-state index in [2.05, 4.69) is 30.8 Å². The van der Waals surface area contributed by atoms with Gasteiger partial charge >= 0.3 is 6.03 Å². The lowest BCUT2D eigenvalue weighted by molar-refractivity contribution is 0.262. The van der Waals surface area contributed by atoms with E-state index in [-0.39, 0.29) is 6.03 Å². The largest absolute Gasteiger partial charge is 0.326 e. The maximum Gasteiger partial charge on any atom is 0.326 e. The van der Waals surface area contributed by atoms with Crippen molar-refractivity contribution in [1.82, 2.24) is 20.2 Å². The van der Waals surface area contributed by atoms with E-state index < -0.39 is 0 Å².